The molecular formula is C11H16O2. The molecule has 0 aromatic rings. The van der Waals surface area contributed by atoms with Gasteiger partial charge in [-0.15, -0.1) is 6.58 Å². The molecule has 1 atom stereocenters. The van der Waals surface area contributed by atoms with Gasteiger partial charge in [0.2, 0.25) is 0 Å². The van der Waals surface area contributed by atoms with Crippen LogP contribution < -0.4 is 0 Å². The number of ether oxygens (including phenoxy) is 1. The molecule has 13 heavy (non-hydrogen) atoms. The molecule has 1 aliphatic rings. The molecule has 0 unspecified atom stereocenters. The molecular weight excluding hydrogens is 164 g/mol. The molecule has 2 nitrogen and oxygen atoms in total. The van der Waals surface area contributed by atoms with Crippen LogP contribution >= 0.6 is 0 Å². The molecule has 0 saturated carbocycles. The molecule has 1 aliphatic carbocycles. The smallest absolute Gasteiger partial charge is 0.316 e. The lowest BCUT2D eigenvalue weighted by Crippen LogP contribution is -2.28. The van der Waals surface area contributed by atoms with Gasteiger partial charge in [0.05, 0.1) is 12.0 Å². The summed E-state index contributed by atoms with van der Waals surface area (Å²) >= 11 is 0. The van der Waals surface area contributed by atoms with Gasteiger partial charge >= 0.3 is 5.97 Å². The monoisotopic (exact) mass is 180 g/mol. The van der Waals surface area contributed by atoms with Gasteiger partial charge in [-0.1, -0.05) is 18.2 Å². The maximum absolute atomic E-state index is 11.6. The average molecular weight is 180 g/mol. The molecule has 0 radical (unpaired) electrons. The van der Waals surface area contributed by atoms with Gasteiger partial charge in [0.15, 0.2) is 0 Å². The lowest BCUT2D eigenvalue weighted by Gasteiger charge is -2.22. The number of carbonyl (C=O) groups excluding carboxylic acids is 1. The van der Waals surface area contributed by atoms with E-state index < -0.39 is 5.41 Å². The van der Waals surface area contributed by atoms with Gasteiger partial charge in [-0.3, -0.25) is 4.79 Å². The van der Waals surface area contributed by atoms with E-state index in [1.165, 1.54) is 0 Å². The fourth-order valence-corrected chi connectivity index (χ4v) is 1.69. The third-order valence-corrected chi connectivity index (χ3v) is 2.38. The molecule has 0 aromatic carbocycles. The van der Waals surface area contributed by atoms with Crippen molar-refractivity contribution in [2.75, 3.05) is 6.61 Å². The third-order valence-electron chi connectivity index (χ3n) is 2.38. The second kappa shape index (κ2) is 4.26. The van der Waals surface area contributed by atoms with Gasteiger partial charge < -0.3 is 4.74 Å². The highest BCUT2D eigenvalue weighted by atomic mass is 16.5. The number of allylic oxidation sites excluding steroid dienone is 2. The van der Waals surface area contributed by atoms with E-state index in [4.69, 9.17) is 4.74 Å². The van der Waals surface area contributed by atoms with Crippen molar-refractivity contribution in [3.05, 3.63) is 24.8 Å². The number of esters is 1. The van der Waals surface area contributed by atoms with Crippen molar-refractivity contribution in [1.82, 2.24) is 0 Å². The Hall–Kier alpha value is -1.05. The van der Waals surface area contributed by atoms with E-state index in [0.717, 1.165) is 12.8 Å². The van der Waals surface area contributed by atoms with Crippen LogP contribution in [0.4, 0.5) is 0 Å². The summed E-state index contributed by atoms with van der Waals surface area (Å²) in [7, 11) is 0. The first-order valence-electron chi connectivity index (χ1n) is 4.71. The zero-order valence-electron chi connectivity index (χ0n) is 8.08. The molecule has 2 heteroatoms. The number of carbonyl (C=O) groups is 1. The van der Waals surface area contributed by atoms with Gasteiger partial charge in [-0.2, -0.15) is 0 Å². The van der Waals surface area contributed by atoms with Crippen LogP contribution in [0.15, 0.2) is 24.8 Å². The second-order valence-corrected chi connectivity index (χ2v) is 3.31. The van der Waals surface area contributed by atoms with Crippen molar-refractivity contribution >= 4 is 5.97 Å². The molecule has 0 heterocycles. The molecule has 0 aliphatic heterocycles. The van der Waals surface area contributed by atoms with Crippen molar-refractivity contribution < 1.29 is 9.53 Å². The molecule has 0 N–H and O–H groups in total. The van der Waals surface area contributed by atoms with Gasteiger partial charge in [0.1, 0.15) is 0 Å². The van der Waals surface area contributed by atoms with Crippen LogP contribution in [-0.2, 0) is 9.53 Å². The van der Waals surface area contributed by atoms with E-state index >= 15 is 0 Å². The Morgan fingerprint density at radius 2 is 2.54 bits per heavy atom. The van der Waals surface area contributed by atoms with Crippen molar-refractivity contribution in [3.8, 4) is 0 Å². The summed E-state index contributed by atoms with van der Waals surface area (Å²) in [6.45, 7) is 5.95. The summed E-state index contributed by atoms with van der Waals surface area (Å²) in [5.41, 5.74) is -0.405. The first-order chi connectivity index (χ1) is 6.25. The molecule has 0 bridgehead atoms. The topological polar surface area (TPSA) is 26.3 Å². The van der Waals surface area contributed by atoms with Gasteiger partial charge in [0.25, 0.3) is 0 Å². The van der Waals surface area contributed by atoms with E-state index in [9.17, 15) is 4.79 Å². The normalized spacial score (nSPS) is 25.9. The Morgan fingerprint density at radius 1 is 1.77 bits per heavy atom. The molecule has 72 valence electrons. The lowest BCUT2D eigenvalue weighted by molar-refractivity contribution is -0.152. The summed E-state index contributed by atoms with van der Waals surface area (Å²) in [6, 6.07) is 0. The van der Waals surface area contributed by atoms with Crippen LogP contribution in [0.5, 0.6) is 0 Å². The predicted octanol–water partition coefficient (Wildman–Crippen LogP) is 2.46. The molecule has 1 rings (SSSR count). The Labute approximate surface area is 79.3 Å². The molecule has 0 spiro atoms. The van der Waals surface area contributed by atoms with Gasteiger partial charge in [-0.25, -0.2) is 0 Å². The Bertz CT molecular complexity index is 230. The zero-order chi connectivity index (χ0) is 9.73. The highest BCUT2D eigenvalue weighted by Gasteiger charge is 2.37. The Kier molecular flexibility index (Phi) is 3.29. The fraction of sp³-hybridized carbons (Fsp3) is 0.545. The summed E-state index contributed by atoms with van der Waals surface area (Å²) in [6.07, 6.45) is 8.30. The molecule has 0 amide bonds. The Balaban J connectivity index is 2.72. The molecule has 0 fully saturated rings. The maximum atomic E-state index is 11.6. The van der Waals surface area contributed by atoms with Crippen LogP contribution in [-0.4, -0.2) is 12.6 Å². The number of hydrogen-bond acceptors (Lipinski definition) is 2. The molecule has 0 saturated heterocycles. The number of rotatable bonds is 4. The minimum atomic E-state index is -0.405. The highest BCUT2D eigenvalue weighted by molar-refractivity contribution is 5.80. The first-order valence-corrected chi connectivity index (χ1v) is 4.71. The largest absolute Gasteiger partial charge is 0.465 e. The van der Waals surface area contributed by atoms with E-state index in [1.54, 1.807) is 6.08 Å². The van der Waals surface area contributed by atoms with Gasteiger partial charge in [-0.05, 0) is 26.2 Å². The van der Waals surface area contributed by atoms with E-state index in [-0.39, 0.29) is 5.97 Å². The molecule has 0 aromatic heterocycles. The van der Waals surface area contributed by atoms with Crippen molar-refractivity contribution in [1.29, 1.82) is 0 Å². The van der Waals surface area contributed by atoms with Crippen molar-refractivity contribution in [2.45, 2.75) is 26.2 Å². The zero-order valence-corrected chi connectivity index (χ0v) is 8.08. The quantitative estimate of drug-likeness (QED) is 0.490. The Morgan fingerprint density at radius 3 is 3.00 bits per heavy atom. The van der Waals surface area contributed by atoms with Crippen molar-refractivity contribution in [3.63, 3.8) is 0 Å². The highest BCUT2D eigenvalue weighted by Crippen LogP contribution is 2.37. The summed E-state index contributed by atoms with van der Waals surface area (Å²) in [4.78, 5) is 11.6. The van der Waals surface area contributed by atoms with Crippen LogP contribution in [0.2, 0.25) is 0 Å². The lowest BCUT2D eigenvalue weighted by atomic mass is 9.84. The fourth-order valence-electron chi connectivity index (χ4n) is 1.69. The minimum Gasteiger partial charge on any atom is -0.465 e. The summed E-state index contributed by atoms with van der Waals surface area (Å²) in [5.74, 6) is -0.108. The maximum Gasteiger partial charge on any atom is 0.316 e. The van der Waals surface area contributed by atoms with Crippen LogP contribution in [0.3, 0.4) is 0 Å². The third kappa shape index (κ3) is 2.00. The first kappa shape index (κ1) is 10.0. The second-order valence-electron chi connectivity index (χ2n) is 3.31. The average Bonchev–Trinajstić information content (AvgIpc) is 2.55. The van der Waals surface area contributed by atoms with E-state index in [1.807, 2.05) is 19.1 Å². The van der Waals surface area contributed by atoms with E-state index in [0.29, 0.717) is 13.0 Å². The standard InChI is InChI=1S/C11H16O2/c1-3-7-11(8-5-6-9-11)10(12)13-4-2/h3,5,8H,1,4,6-7,9H2,2H3/t11-/m0/s1. The summed E-state index contributed by atoms with van der Waals surface area (Å²) < 4.78 is 5.04. The van der Waals surface area contributed by atoms with Crippen LogP contribution in [0.1, 0.15) is 26.2 Å². The van der Waals surface area contributed by atoms with Crippen LogP contribution in [0.25, 0.3) is 0 Å². The van der Waals surface area contributed by atoms with Gasteiger partial charge in [0, 0.05) is 0 Å². The van der Waals surface area contributed by atoms with Crippen molar-refractivity contribution in [2.24, 2.45) is 5.41 Å². The van der Waals surface area contributed by atoms with Crippen LogP contribution in [0, 0.1) is 5.41 Å². The van der Waals surface area contributed by atoms with E-state index in [2.05, 4.69) is 6.58 Å². The minimum absolute atomic E-state index is 0.108. The number of hydrogen-bond donors (Lipinski definition) is 0. The predicted molar refractivity (Wildman–Crippen MR) is 52.3 cm³/mol. The summed E-state index contributed by atoms with van der Waals surface area (Å²) in [5, 5.41) is 0. The SMILES string of the molecule is C=CC[C@]1(C(=O)OCC)C=CCC1.